The topological polar surface area (TPSA) is 89.3 Å². The van der Waals surface area contributed by atoms with E-state index >= 15 is 0 Å². The van der Waals surface area contributed by atoms with Crippen LogP contribution in [0.25, 0.3) is 0 Å². The maximum absolute atomic E-state index is 14.5. The molecule has 0 bridgehead atoms. The first-order valence-corrected chi connectivity index (χ1v) is 8.31. The molecule has 0 saturated heterocycles. The number of allylic oxidation sites excluding steroid dienone is 3. The van der Waals surface area contributed by atoms with E-state index < -0.39 is 17.6 Å². The molecule has 0 unspecified atom stereocenters. The molecule has 2 atom stereocenters. The van der Waals surface area contributed by atoms with Crippen LogP contribution >= 0.6 is 0 Å². The number of carbonyl (C=O) groups excluding carboxylic acids is 1. The summed E-state index contributed by atoms with van der Waals surface area (Å²) in [5.41, 5.74) is 6.02. The van der Waals surface area contributed by atoms with Crippen LogP contribution in [0, 0.1) is 23.0 Å². The Labute approximate surface area is 153 Å². The molecule has 0 spiro atoms. The minimum Gasteiger partial charge on any atom is -0.469 e. The van der Waals surface area contributed by atoms with E-state index in [0.717, 1.165) is 12.1 Å². The van der Waals surface area contributed by atoms with Crippen molar-refractivity contribution in [2.24, 2.45) is 5.73 Å². The summed E-state index contributed by atoms with van der Waals surface area (Å²) in [6.45, 7) is 0. The lowest BCUT2D eigenvalue weighted by atomic mass is 9.74. The number of hydrogen-bond donors (Lipinski definition) is 1. The number of furan rings is 1. The van der Waals surface area contributed by atoms with Gasteiger partial charge < -0.3 is 14.9 Å². The van der Waals surface area contributed by atoms with Gasteiger partial charge in [-0.2, -0.15) is 5.26 Å². The van der Waals surface area contributed by atoms with Gasteiger partial charge in [0, 0.05) is 36.0 Å². The van der Waals surface area contributed by atoms with Gasteiger partial charge >= 0.3 is 0 Å². The first-order chi connectivity index (χ1) is 13.0. The van der Waals surface area contributed by atoms with Crippen LogP contribution in [0.5, 0.6) is 0 Å². The van der Waals surface area contributed by atoms with E-state index in [1.54, 1.807) is 12.1 Å². The molecule has 0 fully saturated rings. The average Bonchev–Trinajstić information content (AvgIpc) is 3.15. The van der Waals surface area contributed by atoms with Crippen LogP contribution in [0.15, 0.2) is 63.8 Å². The Morgan fingerprint density at radius 1 is 1.22 bits per heavy atom. The Bertz CT molecular complexity index is 1030. The van der Waals surface area contributed by atoms with Gasteiger partial charge in [0.1, 0.15) is 34.8 Å². The molecule has 136 valence electrons. The SMILES string of the molecule is N#CC1=C(N)OC2=C(C(=O)C[C@H](c3ccco3)C2)[C@H]1c1ccc(F)cc1F. The first kappa shape index (κ1) is 17.0. The highest BCUT2D eigenvalue weighted by molar-refractivity contribution is 6.00. The number of benzene rings is 1. The molecule has 27 heavy (non-hydrogen) atoms. The smallest absolute Gasteiger partial charge is 0.205 e. The Morgan fingerprint density at radius 3 is 2.70 bits per heavy atom. The van der Waals surface area contributed by atoms with Gasteiger partial charge in [-0.1, -0.05) is 6.07 Å². The third kappa shape index (κ3) is 2.79. The molecule has 0 radical (unpaired) electrons. The van der Waals surface area contributed by atoms with Crippen molar-refractivity contribution in [2.45, 2.75) is 24.7 Å². The van der Waals surface area contributed by atoms with E-state index in [1.165, 1.54) is 12.3 Å². The second-order valence-electron chi connectivity index (χ2n) is 6.47. The number of nitrogens with two attached hydrogens (primary N) is 1. The molecule has 2 aromatic rings. The van der Waals surface area contributed by atoms with E-state index in [-0.39, 0.29) is 46.5 Å². The number of ketones is 1. The van der Waals surface area contributed by atoms with E-state index in [2.05, 4.69) is 0 Å². The Kier molecular flexibility index (Phi) is 4.04. The van der Waals surface area contributed by atoms with E-state index in [4.69, 9.17) is 14.9 Å². The fourth-order valence-corrected chi connectivity index (χ4v) is 3.68. The molecule has 2 N–H and O–H groups in total. The molecule has 2 heterocycles. The molecule has 0 amide bonds. The summed E-state index contributed by atoms with van der Waals surface area (Å²) in [6.07, 6.45) is 1.98. The lowest BCUT2D eigenvalue weighted by Gasteiger charge is -2.33. The molecule has 0 saturated carbocycles. The minimum absolute atomic E-state index is 0.0106. The zero-order valence-electron chi connectivity index (χ0n) is 14.0. The first-order valence-electron chi connectivity index (χ1n) is 8.31. The standard InChI is InChI=1S/C20H14F2N2O3/c21-11-3-4-12(14(22)8-11)18-13(9-23)20(24)27-17-7-10(6-15(25)19(17)18)16-2-1-5-26-16/h1-5,8,10,18H,6-7,24H2/t10-,18-/m0/s1. The summed E-state index contributed by atoms with van der Waals surface area (Å²) in [4.78, 5) is 12.9. The molecule has 1 aliphatic heterocycles. The normalized spacial score (nSPS) is 22.3. The summed E-state index contributed by atoms with van der Waals surface area (Å²) in [5, 5.41) is 9.50. The second kappa shape index (κ2) is 6.40. The van der Waals surface area contributed by atoms with Crippen molar-refractivity contribution >= 4 is 5.78 Å². The van der Waals surface area contributed by atoms with Crippen molar-refractivity contribution in [3.63, 3.8) is 0 Å². The van der Waals surface area contributed by atoms with Gasteiger partial charge in [0.15, 0.2) is 5.78 Å². The lowest BCUT2D eigenvalue weighted by Crippen LogP contribution is -2.30. The van der Waals surface area contributed by atoms with Gasteiger partial charge in [-0.05, 0) is 18.2 Å². The third-order valence-electron chi connectivity index (χ3n) is 4.88. The number of ether oxygens (including phenoxy) is 1. The highest BCUT2D eigenvalue weighted by Crippen LogP contribution is 2.47. The predicted octanol–water partition coefficient (Wildman–Crippen LogP) is 3.77. The molecule has 1 aromatic carbocycles. The van der Waals surface area contributed by atoms with Crippen molar-refractivity contribution < 1.29 is 22.7 Å². The number of halogens is 2. The summed E-state index contributed by atoms with van der Waals surface area (Å²) >= 11 is 0. The predicted molar refractivity (Wildman–Crippen MR) is 89.7 cm³/mol. The summed E-state index contributed by atoms with van der Waals surface area (Å²) < 4.78 is 38.7. The lowest BCUT2D eigenvalue weighted by molar-refractivity contribution is -0.117. The Balaban J connectivity index is 1.84. The number of Topliss-reactive ketones (excluding diaryl/α,β-unsaturated/α-hetero) is 1. The van der Waals surface area contributed by atoms with Gasteiger partial charge in [0.05, 0.1) is 12.2 Å². The monoisotopic (exact) mass is 368 g/mol. The van der Waals surface area contributed by atoms with Crippen molar-refractivity contribution in [3.05, 3.63) is 82.3 Å². The number of nitrogens with zero attached hydrogens (tertiary/aromatic N) is 1. The number of carbonyl (C=O) groups is 1. The largest absolute Gasteiger partial charge is 0.469 e. The van der Waals surface area contributed by atoms with Crippen molar-refractivity contribution in [2.75, 3.05) is 0 Å². The van der Waals surface area contributed by atoms with Crippen LogP contribution in [0.2, 0.25) is 0 Å². The third-order valence-corrected chi connectivity index (χ3v) is 4.88. The van der Waals surface area contributed by atoms with E-state index in [1.807, 2.05) is 6.07 Å². The van der Waals surface area contributed by atoms with E-state index in [9.17, 15) is 18.8 Å². The molecule has 1 aliphatic carbocycles. The minimum atomic E-state index is -1.02. The fourth-order valence-electron chi connectivity index (χ4n) is 3.68. The Hall–Kier alpha value is -3.40. The van der Waals surface area contributed by atoms with Crippen LogP contribution < -0.4 is 5.73 Å². The van der Waals surface area contributed by atoms with Crippen LogP contribution in [-0.2, 0) is 9.53 Å². The summed E-state index contributed by atoms with van der Waals surface area (Å²) in [7, 11) is 0. The fraction of sp³-hybridized carbons (Fsp3) is 0.200. The molecule has 1 aromatic heterocycles. The maximum Gasteiger partial charge on any atom is 0.205 e. The number of hydrogen-bond acceptors (Lipinski definition) is 5. The molecular weight excluding hydrogens is 354 g/mol. The van der Waals surface area contributed by atoms with Gasteiger partial charge in [0.25, 0.3) is 0 Å². The molecule has 2 aliphatic rings. The van der Waals surface area contributed by atoms with Gasteiger partial charge in [-0.15, -0.1) is 0 Å². The molecule has 4 rings (SSSR count). The highest BCUT2D eigenvalue weighted by Gasteiger charge is 2.42. The summed E-state index contributed by atoms with van der Waals surface area (Å²) in [6, 6.07) is 8.42. The van der Waals surface area contributed by atoms with E-state index in [0.29, 0.717) is 12.2 Å². The average molecular weight is 368 g/mol. The van der Waals surface area contributed by atoms with Gasteiger partial charge in [0.2, 0.25) is 5.88 Å². The van der Waals surface area contributed by atoms with Crippen LogP contribution in [0.3, 0.4) is 0 Å². The molecule has 5 nitrogen and oxygen atoms in total. The van der Waals surface area contributed by atoms with Gasteiger partial charge in [-0.3, -0.25) is 4.79 Å². The van der Waals surface area contributed by atoms with Crippen LogP contribution in [0.1, 0.15) is 36.0 Å². The second-order valence-corrected chi connectivity index (χ2v) is 6.47. The maximum atomic E-state index is 14.5. The zero-order chi connectivity index (χ0) is 19.1. The zero-order valence-corrected chi connectivity index (χ0v) is 14.0. The van der Waals surface area contributed by atoms with Crippen LogP contribution in [-0.4, -0.2) is 5.78 Å². The number of nitriles is 1. The van der Waals surface area contributed by atoms with Gasteiger partial charge in [-0.25, -0.2) is 8.78 Å². The molecule has 7 heteroatoms. The molecular formula is C20H14F2N2O3. The highest BCUT2D eigenvalue weighted by atomic mass is 19.1. The quantitative estimate of drug-likeness (QED) is 0.872. The van der Waals surface area contributed by atoms with Crippen molar-refractivity contribution in [1.82, 2.24) is 0 Å². The van der Waals surface area contributed by atoms with Crippen LogP contribution in [0.4, 0.5) is 8.78 Å². The summed E-state index contributed by atoms with van der Waals surface area (Å²) in [5.74, 6) is -2.40. The van der Waals surface area contributed by atoms with Crippen molar-refractivity contribution in [1.29, 1.82) is 5.26 Å². The van der Waals surface area contributed by atoms with Crippen molar-refractivity contribution in [3.8, 4) is 6.07 Å². The number of rotatable bonds is 2. The Morgan fingerprint density at radius 2 is 2.04 bits per heavy atom.